The van der Waals surface area contributed by atoms with E-state index in [-0.39, 0.29) is 5.91 Å². The fourth-order valence-corrected chi connectivity index (χ4v) is 3.63. The van der Waals surface area contributed by atoms with Gasteiger partial charge in [0.1, 0.15) is 0 Å². The van der Waals surface area contributed by atoms with Crippen molar-refractivity contribution in [3.05, 3.63) is 17.5 Å². The quantitative estimate of drug-likeness (QED) is 0.886. The molecule has 2 aliphatic heterocycles. The van der Waals surface area contributed by atoms with E-state index < -0.39 is 0 Å². The third-order valence-electron chi connectivity index (χ3n) is 4.95. The van der Waals surface area contributed by atoms with E-state index in [1.807, 2.05) is 14.0 Å². The number of nitrogens with zero attached hydrogens (tertiary/aromatic N) is 3. The molecule has 0 saturated carbocycles. The van der Waals surface area contributed by atoms with Crippen molar-refractivity contribution in [3.63, 3.8) is 0 Å². The van der Waals surface area contributed by atoms with Crippen LogP contribution in [0.25, 0.3) is 0 Å². The highest BCUT2D eigenvalue weighted by Crippen LogP contribution is 2.30. The lowest BCUT2D eigenvalue weighted by molar-refractivity contribution is 0.0665. The minimum absolute atomic E-state index is 0.177. The summed E-state index contributed by atoms with van der Waals surface area (Å²) in [6.07, 6.45) is 6.41. The molecule has 2 saturated heterocycles. The van der Waals surface area contributed by atoms with Gasteiger partial charge < -0.3 is 10.2 Å². The molecule has 0 spiro atoms. The Bertz CT molecular complexity index is 490. The number of hydrogen-bond donors (Lipinski definition) is 1. The smallest absolute Gasteiger partial charge is 0.257 e. The summed E-state index contributed by atoms with van der Waals surface area (Å²) in [5, 5.41) is 7.61. The Morgan fingerprint density at radius 3 is 2.75 bits per heavy atom. The maximum absolute atomic E-state index is 12.8. The van der Waals surface area contributed by atoms with E-state index in [0.29, 0.717) is 12.0 Å². The van der Waals surface area contributed by atoms with Crippen LogP contribution in [0.4, 0.5) is 0 Å². The molecule has 2 aliphatic rings. The molecule has 3 heterocycles. The molecular formula is C15H24N4O. The van der Waals surface area contributed by atoms with E-state index in [4.69, 9.17) is 0 Å². The zero-order chi connectivity index (χ0) is 14.1. The van der Waals surface area contributed by atoms with Crippen LogP contribution in [0.15, 0.2) is 6.20 Å². The van der Waals surface area contributed by atoms with E-state index in [1.165, 1.54) is 12.8 Å². The molecule has 1 aromatic heterocycles. The minimum atomic E-state index is 0.177. The van der Waals surface area contributed by atoms with Gasteiger partial charge >= 0.3 is 0 Å². The van der Waals surface area contributed by atoms with Crippen molar-refractivity contribution in [2.75, 3.05) is 19.6 Å². The van der Waals surface area contributed by atoms with Crippen LogP contribution in [-0.2, 0) is 7.05 Å². The van der Waals surface area contributed by atoms with Crippen LogP contribution in [0.2, 0.25) is 0 Å². The molecule has 0 aromatic carbocycles. The van der Waals surface area contributed by atoms with Gasteiger partial charge in [-0.15, -0.1) is 0 Å². The lowest BCUT2D eigenvalue weighted by Crippen LogP contribution is -2.43. The van der Waals surface area contributed by atoms with E-state index in [0.717, 1.165) is 43.7 Å². The average molecular weight is 276 g/mol. The molecule has 0 radical (unpaired) electrons. The fourth-order valence-electron chi connectivity index (χ4n) is 3.63. The van der Waals surface area contributed by atoms with E-state index in [1.54, 1.807) is 10.9 Å². The number of carbonyl (C=O) groups excluding carboxylic acids is 1. The number of nitrogens with one attached hydrogen (secondary N) is 1. The average Bonchev–Trinajstić information content (AvgIpc) is 3.08. The van der Waals surface area contributed by atoms with Crippen LogP contribution in [0.1, 0.15) is 41.7 Å². The van der Waals surface area contributed by atoms with Gasteiger partial charge in [-0.3, -0.25) is 9.48 Å². The van der Waals surface area contributed by atoms with E-state index in [9.17, 15) is 4.79 Å². The van der Waals surface area contributed by atoms with Crippen molar-refractivity contribution in [3.8, 4) is 0 Å². The summed E-state index contributed by atoms with van der Waals surface area (Å²) in [5.41, 5.74) is 1.74. The van der Waals surface area contributed by atoms with Gasteiger partial charge in [0, 0.05) is 25.3 Å². The Labute approximate surface area is 120 Å². The van der Waals surface area contributed by atoms with Gasteiger partial charge in [0.05, 0.1) is 11.8 Å². The summed E-state index contributed by atoms with van der Waals surface area (Å²) in [4.78, 5) is 14.9. The molecular weight excluding hydrogens is 252 g/mol. The standard InChI is InChI=1S/C15H24N4O/c1-11-13(10-17-18(11)2)15(20)19-9-3-4-14(19)12-5-7-16-8-6-12/h10,12,14,16H,3-9H2,1-2H3. The first-order valence-corrected chi connectivity index (χ1v) is 7.69. The molecule has 0 bridgehead atoms. The maximum atomic E-state index is 12.8. The second-order valence-corrected chi connectivity index (χ2v) is 6.06. The minimum Gasteiger partial charge on any atom is -0.335 e. The normalized spacial score (nSPS) is 24.3. The van der Waals surface area contributed by atoms with Gasteiger partial charge in [0.25, 0.3) is 5.91 Å². The number of rotatable bonds is 2. The summed E-state index contributed by atoms with van der Waals surface area (Å²) >= 11 is 0. The SMILES string of the molecule is Cc1c(C(=O)N2CCCC2C2CCNCC2)cnn1C. The van der Waals surface area contributed by atoms with Crippen molar-refractivity contribution in [1.29, 1.82) is 0 Å². The molecule has 1 atom stereocenters. The molecule has 3 rings (SSSR count). The summed E-state index contributed by atoms with van der Waals surface area (Å²) in [6, 6.07) is 0.434. The van der Waals surface area contributed by atoms with E-state index in [2.05, 4.69) is 15.3 Å². The summed E-state index contributed by atoms with van der Waals surface area (Å²) < 4.78 is 1.78. The number of amides is 1. The van der Waals surface area contributed by atoms with Gasteiger partial charge in [-0.2, -0.15) is 5.10 Å². The lowest BCUT2D eigenvalue weighted by Gasteiger charge is -2.34. The van der Waals surface area contributed by atoms with Gasteiger partial charge in [-0.05, 0) is 51.6 Å². The van der Waals surface area contributed by atoms with E-state index >= 15 is 0 Å². The predicted octanol–water partition coefficient (Wildman–Crippen LogP) is 1.33. The lowest BCUT2D eigenvalue weighted by atomic mass is 9.88. The topological polar surface area (TPSA) is 50.2 Å². The second kappa shape index (κ2) is 5.56. The number of hydrogen-bond acceptors (Lipinski definition) is 3. The zero-order valence-electron chi connectivity index (χ0n) is 12.4. The van der Waals surface area contributed by atoms with Crippen LogP contribution >= 0.6 is 0 Å². The number of aromatic nitrogens is 2. The molecule has 1 aromatic rings. The Kier molecular flexibility index (Phi) is 3.78. The number of aryl methyl sites for hydroxylation is 1. The summed E-state index contributed by atoms with van der Waals surface area (Å²) in [5.74, 6) is 0.844. The monoisotopic (exact) mass is 276 g/mol. The Hall–Kier alpha value is -1.36. The van der Waals surface area contributed by atoms with Crippen molar-refractivity contribution in [1.82, 2.24) is 20.0 Å². The van der Waals surface area contributed by atoms with Crippen LogP contribution in [0.3, 0.4) is 0 Å². The highest BCUT2D eigenvalue weighted by Gasteiger charge is 2.36. The molecule has 1 unspecified atom stereocenters. The Morgan fingerprint density at radius 2 is 2.10 bits per heavy atom. The Balaban J connectivity index is 1.77. The third kappa shape index (κ3) is 2.35. The van der Waals surface area contributed by atoms with Crippen LogP contribution < -0.4 is 5.32 Å². The first-order chi connectivity index (χ1) is 9.68. The predicted molar refractivity (Wildman–Crippen MR) is 77.6 cm³/mol. The van der Waals surface area contributed by atoms with Crippen molar-refractivity contribution in [2.45, 2.75) is 38.6 Å². The number of piperidine rings is 1. The second-order valence-electron chi connectivity index (χ2n) is 6.06. The summed E-state index contributed by atoms with van der Waals surface area (Å²) in [6.45, 7) is 5.06. The van der Waals surface area contributed by atoms with Crippen LogP contribution in [0.5, 0.6) is 0 Å². The molecule has 1 N–H and O–H groups in total. The molecule has 2 fully saturated rings. The van der Waals surface area contributed by atoms with Gasteiger partial charge in [0.2, 0.25) is 0 Å². The highest BCUT2D eigenvalue weighted by atomic mass is 16.2. The molecule has 5 heteroatoms. The first-order valence-electron chi connectivity index (χ1n) is 7.69. The van der Waals surface area contributed by atoms with Crippen LogP contribution in [-0.4, -0.2) is 46.3 Å². The molecule has 110 valence electrons. The maximum Gasteiger partial charge on any atom is 0.257 e. The van der Waals surface area contributed by atoms with Gasteiger partial charge in [-0.25, -0.2) is 0 Å². The van der Waals surface area contributed by atoms with Crippen molar-refractivity contribution >= 4 is 5.91 Å². The third-order valence-corrected chi connectivity index (χ3v) is 4.95. The summed E-state index contributed by atoms with van der Waals surface area (Å²) in [7, 11) is 1.89. The molecule has 1 amide bonds. The molecule has 5 nitrogen and oxygen atoms in total. The highest BCUT2D eigenvalue weighted by molar-refractivity contribution is 5.95. The fraction of sp³-hybridized carbons (Fsp3) is 0.733. The van der Waals surface area contributed by atoms with Gasteiger partial charge in [-0.1, -0.05) is 0 Å². The number of carbonyl (C=O) groups is 1. The van der Waals surface area contributed by atoms with Gasteiger partial charge in [0.15, 0.2) is 0 Å². The largest absolute Gasteiger partial charge is 0.335 e. The van der Waals surface area contributed by atoms with Crippen molar-refractivity contribution in [2.24, 2.45) is 13.0 Å². The first kappa shape index (κ1) is 13.6. The zero-order valence-corrected chi connectivity index (χ0v) is 12.4. The Morgan fingerprint density at radius 1 is 1.35 bits per heavy atom. The molecule has 0 aliphatic carbocycles. The van der Waals surface area contributed by atoms with Crippen LogP contribution in [0, 0.1) is 12.8 Å². The van der Waals surface area contributed by atoms with Crippen molar-refractivity contribution < 1.29 is 4.79 Å². The number of likely N-dealkylation sites (tertiary alicyclic amines) is 1. The molecule has 20 heavy (non-hydrogen) atoms.